The van der Waals surface area contributed by atoms with Gasteiger partial charge in [0.15, 0.2) is 5.78 Å². The average molecular weight is 268 g/mol. The Hall–Kier alpha value is -2.29. The fourth-order valence-electron chi connectivity index (χ4n) is 2.27. The summed E-state index contributed by atoms with van der Waals surface area (Å²) in [6.07, 6.45) is 1.02. The number of carbonyl (C=O) groups excluding carboxylic acids is 1. The third kappa shape index (κ3) is 3.18. The first-order chi connectivity index (χ1) is 9.61. The van der Waals surface area contributed by atoms with Gasteiger partial charge >= 0.3 is 0 Å². The van der Waals surface area contributed by atoms with Crippen LogP contribution in [0.3, 0.4) is 0 Å². The molecule has 0 fully saturated rings. The Morgan fingerprint density at radius 3 is 2.45 bits per heavy atom. The quantitative estimate of drug-likeness (QED) is 0.643. The van der Waals surface area contributed by atoms with Gasteiger partial charge in [0, 0.05) is 23.5 Å². The molecule has 3 N–H and O–H groups in total. The van der Waals surface area contributed by atoms with Gasteiger partial charge in [-0.2, -0.15) is 0 Å². The van der Waals surface area contributed by atoms with Crippen LogP contribution in [0.4, 0.5) is 11.4 Å². The number of aryl methyl sites for hydroxylation is 1. The number of Topliss-reactive ketones (excluding diaryl/α,β-unsaturated/α-hetero) is 1. The van der Waals surface area contributed by atoms with E-state index in [4.69, 9.17) is 5.73 Å². The lowest BCUT2D eigenvalue weighted by Gasteiger charge is -2.11. The van der Waals surface area contributed by atoms with Crippen LogP contribution in [-0.4, -0.2) is 5.78 Å². The molecule has 2 rings (SSSR count). The van der Waals surface area contributed by atoms with E-state index in [9.17, 15) is 4.79 Å². The molecule has 3 heteroatoms. The van der Waals surface area contributed by atoms with Gasteiger partial charge in [-0.15, -0.1) is 0 Å². The molecule has 0 amide bonds. The molecule has 0 heterocycles. The summed E-state index contributed by atoms with van der Waals surface area (Å²) in [6.45, 7) is 4.43. The van der Waals surface area contributed by atoms with E-state index in [-0.39, 0.29) is 5.78 Å². The molecule has 104 valence electrons. The number of benzene rings is 2. The van der Waals surface area contributed by atoms with Crippen molar-refractivity contribution in [1.29, 1.82) is 0 Å². The number of anilines is 2. The molecular formula is C17H20N2O. The van der Waals surface area contributed by atoms with Crippen molar-refractivity contribution in [3.05, 3.63) is 59.2 Å². The van der Waals surface area contributed by atoms with Crippen molar-refractivity contribution in [3.63, 3.8) is 0 Å². The first-order valence-corrected chi connectivity index (χ1v) is 6.83. The zero-order chi connectivity index (χ0) is 14.5. The molecule has 20 heavy (non-hydrogen) atoms. The number of nitrogens with two attached hydrogens (primary N) is 1. The molecule has 2 aromatic carbocycles. The van der Waals surface area contributed by atoms with Crippen LogP contribution in [0.15, 0.2) is 42.5 Å². The largest absolute Gasteiger partial charge is 0.398 e. The molecule has 0 aliphatic carbocycles. The summed E-state index contributed by atoms with van der Waals surface area (Å²) in [7, 11) is 0. The van der Waals surface area contributed by atoms with Crippen LogP contribution >= 0.6 is 0 Å². The van der Waals surface area contributed by atoms with Crippen molar-refractivity contribution >= 4 is 17.2 Å². The van der Waals surface area contributed by atoms with Crippen LogP contribution in [-0.2, 0) is 13.0 Å². The first kappa shape index (κ1) is 14.1. The molecule has 0 atom stereocenters. The van der Waals surface area contributed by atoms with Gasteiger partial charge in [0.2, 0.25) is 0 Å². The molecule has 2 aromatic rings. The maximum Gasteiger partial charge on any atom is 0.161 e. The van der Waals surface area contributed by atoms with E-state index in [1.54, 1.807) is 6.07 Å². The Labute approximate surface area is 119 Å². The van der Waals surface area contributed by atoms with Crippen LogP contribution in [0.25, 0.3) is 0 Å². The summed E-state index contributed by atoms with van der Waals surface area (Å²) >= 11 is 0. The van der Waals surface area contributed by atoms with Gasteiger partial charge in [0.1, 0.15) is 0 Å². The van der Waals surface area contributed by atoms with Crippen molar-refractivity contribution in [2.45, 2.75) is 26.8 Å². The van der Waals surface area contributed by atoms with E-state index in [2.05, 4.69) is 30.4 Å². The first-order valence-electron chi connectivity index (χ1n) is 6.83. The molecule has 0 bridgehead atoms. The van der Waals surface area contributed by atoms with E-state index < -0.39 is 0 Å². The number of nitrogen functional groups attached to an aromatic ring is 1. The summed E-state index contributed by atoms with van der Waals surface area (Å²) in [5.41, 5.74) is 10.5. The van der Waals surface area contributed by atoms with Crippen LogP contribution in [0.1, 0.15) is 35.3 Å². The van der Waals surface area contributed by atoms with E-state index in [0.717, 1.165) is 18.7 Å². The third-order valence-electron chi connectivity index (χ3n) is 3.41. The Kier molecular flexibility index (Phi) is 4.41. The average Bonchev–Trinajstić information content (AvgIpc) is 2.45. The highest BCUT2D eigenvalue weighted by atomic mass is 16.1. The Bertz CT molecular complexity index is 620. The smallest absolute Gasteiger partial charge is 0.161 e. The van der Waals surface area contributed by atoms with Gasteiger partial charge in [0.25, 0.3) is 0 Å². The molecule has 0 spiro atoms. The molecule has 0 radical (unpaired) electrons. The maximum atomic E-state index is 11.3. The van der Waals surface area contributed by atoms with Crippen molar-refractivity contribution in [3.8, 4) is 0 Å². The lowest BCUT2D eigenvalue weighted by Crippen LogP contribution is -2.05. The van der Waals surface area contributed by atoms with Crippen molar-refractivity contribution < 1.29 is 4.79 Å². The third-order valence-corrected chi connectivity index (χ3v) is 3.41. The number of carbonyl (C=O) groups is 1. The van der Waals surface area contributed by atoms with E-state index >= 15 is 0 Å². The second-order valence-corrected chi connectivity index (χ2v) is 4.83. The summed E-state index contributed by atoms with van der Waals surface area (Å²) in [5, 5.41) is 3.35. The van der Waals surface area contributed by atoms with Gasteiger partial charge < -0.3 is 11.1 Å². The minimum absolute atomic E-state index is 0.00891. The SMILES string of the molecule is CCc1ccccc1CNc1ccc(C(C)=O)c(N)c1. The standard InChI is InChI=1S/C17H20N2O/c1-3-13-6-4-5-7-14(13)11-19-15-8-9-16(12(2)20)17(18)10-15/h4-10,19H,3,11,18H2,1-2H3. The zero-order valence-electron chi connectivity index (χ0n) is 11.9. The van der Waals surface area contributed by atoms with Crippen LogP contribution < -0.4 is 11.1 Å². The van der Waals surface area contributed by atoms with Crippen molar-refractivity contribution in [1.82, 2.24) is 0 Å². The van der Waals surface area contributed by atoms with E-state index in [0.29, 0.717) is 11.3 Å². The number of nitrogens with one attached hydrogen (secondary N) is 1. The number of rotatable bonds is 5. The predicted octanol–water partition coefficient (Wildman–Crippen LogP) is 3.65. The van der Waals surface area contributed by atoms with E-state index in [1.807, 2.05) is 18.2 Å². The maximum absolute atomic E-state index is 11.3. The van der Waals surface area contributed by atoms with Crippen molar-refractivity contribution in [2.75, 3.05) is 11.1 Å². The van der Waals surface area contributed by atoms with Gasteiger partial charge in [-0.1, -0.05) is 31.2 Å². The second kappa shape index (κ2) is 6.24. The molecule has 3 nitrogen and oxygen atoms in total. The molecular weight excluding hydrogens is 248 g/mol. The van der Waals surface area contributed by atoms with Gasteiger partial charge in [-0.25, -0.2) is 0 Å². The van der Waals surface area contributed by atoms with Crippen LogP contribution in [0.5, 0.6) is 0 Å². The lowest BCUT2D eigenvalue weighted by atomic mass is 10.0. The molecule has 0 aliphatic rings. The van der Waals surface area contributed by atoms with Gasteiger partial charge in [0.05, 0.1) is 0 Å². The predicted molar refractivity (Wildman–Crippen MR) is 84.0 cm³/mol. The summed E-state index contributed by atoms with van der Waals surface area (Å²) in [5.74, 6) is -0.00891. The number of hydrogen-bond donors (Lipinski definition) is 2. The highest BCUT2D eigenvalue weighted by Gasteiger charge is 2.05. The van der Waals surface area contributed by atoms with Gasteiger partial charge in [-0.3, -0.25) is 4.79 Å². The minimum Gasteiger partial charge on any atom is -0.398 e. The van der Waals surface area contributed by atoms with E-state index in [1.165, 1.54) is 18.1 Å². The lowest BCUT2D eigenvalue weighted by molar-refractivity contribution is 0.101. The topological polar surface area (TPSA) is 55.1 Å². The highest BCUT2D eigenvalue weighted by Crippen LogP contribution is 2.20. The zero-order valence-corrected chi connectivity index (χ0v) is 11.9. The summed E-state index contributed by atoms with van der Waals surface area (Å²) in [6, 6.07) is 13.8. The summed E-state index contributed by atoms with van der Waals surface area (Å²) < 4.78 is 0. The molecule has 0 aromatic heterocycles. The molecule has 0 saturated carbocycles. The summed E-state index contributed by atoms with van der Waals surface area (Å²) in [4.78, 5) is 11.3. The Morgan fingerprint density at radius 2 is 1.85 bits per heavy atom. The molecule has 0 saturated heterocycles. The second-order valence-electron chi connectivity index (χ2n) is 4.83. The monoisotopic (exact) mass is 268 g/mol. The fourth-order valence-corrected chi connectivity index (χ4v) is 2.27. The minimum atomic E-state index is -0.00891. The molecule has 0 unspecified atom stereocenters. The number of ketones is 1. The highest BCUT2D eigenvalue weighted by molar-refractivity contribution is 5.99. The Morgan fingerprint density at radius 1 is 1.15 bits per heavy atom. The Balaban J connectivity index is 2.11. The normalized spacial score (nSPS) is 10.3. The molecule has 0 aliphatic heterocycles. The van der Waals surface area contributed by atoms with Crippen LogP contribution in [0.2, 0.25) is 0 Å². The number of hydrogen-bond acceptors (Lipinski definition) is 3. The van der Waals surface area contributed by atoms with Crippen LogP contribution in [0, 0.1) is 0 Å². The fraction of sp³-hybridized carbons (Fsp3) is 0.235. The van der Waals surface area contributed by atoms with Crippen molar-refractivity contribution in [2.24, 2.45) is 0 Å². The van der Waals surface area contributed by atoms with Gasteiger partial charge in [-0.05, 0) is 42.7 Å².